The van der Waals surface area contributed by atoms with Crippen LogP contribution < -0.4 is 5.32 Å². The zero-order chi connectivity index (χ0) is 10.6. The monoisotopic (exact) mass is 195 g/mol. The van der Waals surface area contributed by atoms with E-state index in [4.69, 9.17) is 5.11 Å². The van der Waals surface area contributed by atoms with Crippen molar-refractivity contribution in [2.24, 2.45) is 0 Å². The molecule has 0 aliphatic carbocycles. The van der Waals surface area contributed by atoms with Crippen molar-refractivity contribution in [1.29, 1.82) is 0 Å². The highest BCUT2D eigenvalue weighted by Gasteiger charge is 2.03. The van der Waals surface area contributed by atoms with E-state index in [1.54, 1.807) is 0 Å². The number of aryl methyl sites for hydroxylation is 2. The number of hydrogen-bond acceptors (Lipinski definition) is 4. The fourth-order valence-corrected chi connectivity index (χ4v) is 1.13. The number of hydrogen-bond donors (Lipinski definition) is 2. The molecule has 2 N–H and O–H groups in total. The van der Waals surface area contributed by atoms with Crippen LogP contribution in [-0.4, -0.2) is 28.0 Å². The van der Waals surface area contributed by atoms with Gasteiger partial charge >= 0.3 is 0 Å². The Hall–Kier alpha value is -1.00. The third-order valence-electron chi connectivity index (χ3n) is 2.12. The van der Waals surface area contributed by atoms with Crippen molar-refractivity contribution in [1.82, 2.24) is 15.5 Å². The standard InChI is InChI=1S/C10H17N3O/c1-7-4-10(9(3)13-12-7)5-11-8(2)6-14/h4,8,11,14H,5-6H2,1-3H3. The number of aliphatic hydroxyl groups is 1. The zero-order valence-corrected chi connectivity index (χ0v) is 8.91. The van der Waals surface area contributed by atoms with Crippen molar-refractivity contribution in [2.75, 3.05) is 6.61 Å². The lowest BCUT2D eigenvalue weighted by Gasteiger charge is -2.11. The third-order valence-corrected chi connectivity index (χ3v) is 2.12. The lowest BCUT2D eigenvalue weighted by atomic mass is 10.2. The highest BCUT2D eigenvalue weighted by atomic mass is 16.3. The summed E-state index contributed by atoms with van der Waals surface area (Å²) in [4.78, 5) is 0. The summed E-state index contributed by atoms with van der Waals surface area (Å²) in [6, 6.07) is 2.13. The van der Waals surface area contributed by atoms with Crippen LogP contribution in [0.15, 0.2) is 6.07 Å². The maximum Gasteiger partial charge on any atom is 0.0645 e. The van der Waals surface area contributed by atoms with Gasteiger partial charge in [0.2, 0.25) is 0 Å². The molecule has 0 aliphatic heterocycles. The molecular formula is C10H17N3O. The van der Waals surface area contributed by atoms with Crippen LogP contribution in [0.3, 0.4) is 0 Å². The molecule has 1 atom stereocenters. The molecule has 14 heavy (non-hydrogen) atoms. The summed E-state index contributed by atoms with van der Waals surface area (Å²) in [7, 11) is 0. The van der Waals surface area contributed by atoms with E-state index in [0.717, 1.165) is 23.5 Å². The molecule has 0 saturated heterocycles. The van der Waals surface area contributed by atoms with Crippen LogP contribution >= 0.6 is 0 Å². The molecule has 1 aromatic rings. The van der Waals surface area contributed by atoms with E-state index in [-0.39, 0.29) is 12.6 Å². The van der Waals surface area contributed by atoms with Gasteiger partial charge in [0.05, 0.1) is 18.0 Å². The van der Waals surface area contributed by atoms with E-state index in [2.05, 4.69) is 15.5 Å². The van der Waals surface area contributed by atoms with Crippen LogP contribution in [-0.2, 0) is 6.54 Å². The van der Waals surface area contributed by atoms with E-state index in [1.807, 2.05) is 26.8 Å². The van der Waals surface area contributed by atoms with Crippen LogP contribution in [0.1, 0.15) is 23.9 Å². The predicted octanol–water partition coefficient (Wildman–Crippen LogP) is 0.564. The average Bonchev–Trinajstić information content (AvgIpc) is 2.19. The van der Waals surface area contributed by atoms with Crippen LogP contribution in [0.2, 0.25) is 0 Å². The Labute approximate surface area is 84.4 Å². The Bertz CT molecular complexity index is 301. The van der Waals surface area contributed by atoms with Gasteiger partial charge in [-0.1, -0.05) is 0 Å². The number of nitrogens with zero attached hydrogens (tertiary/aromatic N) is 2. The number of aliphatic hydroxyl groups excluding tert-OH is 1. The van der Waals surface area contributed by atoms with Gasteiger partial charge in [-0.3, -0.25) is 0 Å². The first kappa shape index (κ1) is 11.1. The summed E-state index contributed by atoms with van der Waals surface area (Å²) >= 11 is 0. The minimum absolute atomic E-state index is 0.114. The fourth-order valence-electron chi connectivity index (χ4n) is 1.13. The van der Waals surface area contributed by atoms with Crippen molar-refractivity contribution in [2.45, 2.75) is 33.4 Å². The molecule has 0 amide bonds. The molecule has 1 heterocycles. The average molecular weight is 195 g/mol. The SMILES string of the molecule is Cc1cc(CNC(C)CO)c(C)nn1. The molecule has 0 aromatic carbocycles. The van der Waals surface area contributed by atoms with Crippen molar-refractivity contribution in [3.63, 3.8) is 0 Å². The Morgan fingerprint density at radius 3 is 2.79 bits per heavy atom. The van der Waals surface area contributed by atoms with E-state index >= 15 is 0 Å². The minimum Gasteiger partial charge on any atom is -0.395 e. The molecule has 78 valence electrons. The minimum atomic E-state index is 0.114. The summed E-state index contributed by atoms with van der Waals surface area (Å²) in [6.07, 6.45) is 0. The Kier molecular flexibility index (Phi) is 3.98. The first-order chi connectivity index (χ1) is 6.63. The number of aromatic nitrogens is 2. The smallest absolute Gasteiger partial charge is 0.0645 e. The van der Waals surface area contributed by atoms with Gasteiger partial charge in [-0.05, 0) is 32.4 Å². The van der Waals surface area contributed by atoms with Crippen molar-refractivity contribution in [3.8, 4) is 0 Å². The third kappa shape index (κ3) is 3.05. The highest BCUT2D eigenvalue weighted by molar-refractivity contribution is 5.19. The molecule has 4 nitrogen and oxygen atoms in total. The van der Waals surface area contributed by atoms with Gasteiger partial charge in [0.15, 0.2) is 0 Å². The molecule has 4 heteroatoms. The molecule has 1 unspecified atom stereocenters. The quantitative estimate of drug-likeness (QED) is 0.737. The molecule has 1 rings (SSSR count). The lowest BCUT2D eigenvalue weighted by Crippen LogP contribution is -2.29. The summed E-state index contributed by atoms with van der Waals surface area (Å²) in [5.41, 5.74) is 3.00. The number of rotatable bonds is 4. The summed E-state index contributed by atoms with van der Waals surface area (Å²) in [5, 5.41) is 20.0. The topological polar surface area (TPSA) is 58.0 Å². The molecule has 0 fully saturated rings. The summed E-state index contributed by atoms with van der Waals surface area (Å²) in [5.74, 6) is 0. The fraction of sp³-hybridized carbons (Fsp3) is 0.600. The van der Waals surface area contributed by atoms with Crippen molar-refractivity contribution in [3.05, 3.63) is 23.0 Å². The normalized spacial score (nSPS) is 12.9. The van der Waals surface area contributed by atoms with Gasteiger partial charge in [-0.25, -0.2) is 0 Å². The van der Waals surface area contributed by atoms with Gasteiger partial charge in [0.25, 0.3) is 0 Å². The molecule has 0 radical (unpaired) electrons. The van der Waals surface area contributed by atoms with Crippen molar-refractivity contribution >= 4 is 0 Å². The van der Waals surface area contributed by atoms with E-state index < -0.39 is 0 Å². The van der Waals surface area contributed by atoms with Crippen LogP contribution in [0.25, 0.3) is 0 Å². The van der Waals surface area contributed by atoms with E-state index in [0.29, 0.717) is 0 Å². The van der Waals surface area contributed by atoms with E-state index in [9.17, 15) is 0 Å². The maximum atomic E-state index is 8.85. The van der Waals surface area contributed by atoms with Crippen molar-refractivity contribution < 1.29 is 5.11 Å². The first-order valence-electron chi connectivity index (χ1n) is 4.77. The van der Waals surface area contributed by atoms with Gasteiger partial charge in [0.1, 0.15) is 0 Å². The second-order valence-corrected chi connectivity index (χ2v) is 3.56. The molecule has 0 spiro atoms. The second kappa shape index (κ2) is 5.02. The van der Waals surface area contributed by atoms with Gasteiger partial charge in [-0.2, -0.15) is 10.2 Å². The summed E-state index contributed by atoms with van der Waals surface area (Å²) in [6.45, 7) is 6.68. The van der Waals surface area contributed by atoms with Gasteiger partial charge < -0.3 is 10.4 Å². The van der Waals surface area contributed by atoms with E-state index in [1.165, 1.54) is 0 Å². The first-order valence-corrected chi connectivity index (χ1v) is 4.77. The van der Waals surface area contributed by atoms with Crippen LogP contribution in [0.5, 0.6) is 0 Å². The Morgan fingerprint density at radius 2 is 2.14 bits per heavy atom. The lowest BCUT2D eigenvalue weighted by molar-refractivity contribution is 0.251. The number of nitrogens with one attached hydrogen (secondary N) is 1. The van der Waals surface area contributed by atoms with Gasteiger partial charge in [-0.15, -0.1) is 0 Å². The molecule has 0 bridgehead atoms. The largest absolute Gasteiger partial charge is 0.395 e. The second-order valence-electron chi connectivity index (χ2n) is 3.56. The molecule has 0 saturated carbocycles. The Balaban J connectivity index is 2.62. The Morgan fingerprint density at radius 1 is 1.43 bits per heavy atom. The zero-order valence-electron chi connectivity index (χ0n) is 8.91. The summed E-state index contributed by atoms with van der Waals surface area (Å²) < 4.78 is 0. The maximum absolute atomic E-state index is 8.85. The highest BCUT2D eigenvalue weighted by Crippen LogP contribution is 2.04. The van der Waals surface area contributed by atoms with Gasteiger partial charge in [0, 0.05) is 12.6 Å². The molecule has 0 aliphatic rings. The van der Waals surface area contributed by atoms with Crippen LogP contribution in [0, 0.1) is 13.8 Å². The predicted molar refractivity (Wildman–Crippen MR) is 54.9 cm³/mol. The van der Waals surface area contributed by atoms with Crippen LogP contribution in [0.4, 0.5) is 0 Å². The molecule has 1 aromatic heterocycles. The molecular weight excluding hydrogens is 178 g/mol.